The standard InChI is InChI=1S/C16H18BrN/c1-11-4-9-15(12(2)10-11)16(18-3)13-5-7-14(17)8-6-13/h4-10,16,18H,1-3H3. The Morgan fingerprint density at radius 1 is 1.00 bits per heavy atom. The molecule has 1 nitrogen and oxygen atoms in total. The van der Waals surface area contributed by atoms with Crippen LogP contribution in [0.4, 0.5) is 0 Å². The number of benzene rings is 2. The minimum Gasteiger partial charge on any atom is -0.309 e. The Hall–Kier alpha value is -1.12. The quantitative estimate of drug-likeness (QED) is 0.887. The van der Waals surface area contributed by atoms with Gasteiger partial charge in [-0.1, -0.05) is 51.8 Å². The third-order valence-electron chi connectivity index (χ3n) is 3.23. The Kier molecular flexibility index (Phi) is 4.20. The largest absolute Gasteiger partial charge is 0.309 e. The van der Waals surface area contributed by atoms with Gasteiger partial charge in [0.25, 0.3) is 0 Å². The summed E-state index contributed by atoms with van der Waals surface area (Å²) in [6, 6.07) is 15.4. The smallest absolute Gasteiger partial charge is 0.0576 e. The normalized spacial score (nSPS) is 12.4. The molecular weight excluding hydrogens is 286 g/mol. The lowest BCUT2D eigenvalue weighted by Crippen LogP contribution is -2.18. The number of nitrogens with one attached hydrogen (secondary N) is 1. The van der Waals surface area contributed by atoms with Crippen molar-refractivity contribution in [2.75, 3.05) is 7.05 Å². The van der Waals surface area contributed by atoms with Crippen molar-refractivity contribution in [2.24, 2.45) is 0 Å². The molecule has 0 aliphatic rings. The summed E-state index contributed by atoms with van der Waals surface area (Å²) in [5.41, 5.74) is 5.26. The lowest BCUT2D eigenvalue weighted by atomic mass is 9.94. The Bertz CT molecular complexity index is 531. The van der Waals surface area contributed by atoms with Crippen molar-refractivity contribution in [2.45, 2.75) is 19.9 Å². The molecule has 0 fully saturated rings. The van der Waals surface area contributed by atoms with Crippen LogP contribution in [0.15, 0.2) is 46.9 Å². The number of halogens is 1. The second kappa shape index (κ2) is 5.68. The maximum Gasteiger partial charge on any atom is 0.0576 e. The van der Waals surface area contributed by atoms with Gasteiger partial charge in [0.05, 0.1) is 6.04 Å². The van der Waals surface area contributed by atoms with E-state index < -0.39 is 0 Å². The van der Waals surface area contributed by atoms with Gasteiger partial charge in [-0.25, -0.2) is 0 Å². The SMILES string of the molecule is CNC(c1ccc(Br)cc1)c1ccc(C)cc1C. The van der Waals surface area contributed by atoms with Crippen LogP contribution in [-0.4, -0.2) is 7.05 Å². The van der Waals surface area contributed by atoms with E-state index in [1.165, 1.54) is 22.3 Å². The average Bonchev–Trinajstić information content (AvgIpc) is 2.35. The molecule has 2 aromatic rings. The lowest BCUT2D eigenvalue weighted by Gasteiger charge is -2.20. The van der Waals surface area contributed by atoms with E-state index in [-0.39, 0.29) is 6.04 Å². The summed E-state index contributed by atoms with van der Waals surface area (Å²) in [5, 5.41) is 3.40. The Morgan fingerprint density at radius 2 is 1.67 bits per heavy atom. The number of aryl methyl sites for hydroxylation is 2. The molecule has 94 valence electrons. The van der Waals surface area contributed by atoms with Crippen LogP contribution in [0.2, 0.25) is 0 Å². The van der Waals surface area contributed by atoms with Gasteiger partial charge in [0, 0.05) is 4.47 Å². The minimum atomic E-state index is 0.249. The van der Waals surface area contributed by atoms with Crippen LogP contribution in [0.5, 0.6) is 0 Å². The molecule has 18 heavy (non-hydrogen) atoms. The molecule has 1 N–H and O–H groups in total. The van der Waals surface area contributed by atoms with Crippen molar-refractivity contribution in [3.05, 3.63) is 69.2 Å². The summed E-state index contributed by atoms with van der Waals surface area (Å²) in [6.45, 7) is 4.30. The van der Waals surface area contributed by atoms with Crippen molar-refractivity contribution in [3.63, 3.8) is 0 Å². The Morgan fingerprint density at radius 3 is 2.22 bits per heavy atom. The summed E-state index contributed by atoms with van der Waals surface area (Å²) >= 11 is 3.48. The van der Waals surface area contributed by atoms with E-state index in [4.69, 9.17) is 0 Å². The first-order valence-corrected chi connectivity index (χ1v) is 6.91. The monoisotopic (exact) mass is 303 g/mol. The molecular formula is C16H18BrN. The van der Waals surface area contributed by atoms with Gasteiger partial charge in [0.2, 0.25) is 0 Å². The van der Waals surface area contributed by atoms with Gasteiger partial charge >= 0.3 is 0 Å². The average molecular weight is 304 g/mol. The van der Waals surface area contributed by atoms with Crippen LogP contribution in [0.3, 0.4) is 0 Å². The van der Waals surface area contributed by atoms with Gasteiger partial charge in [-0.3, -0.25) is 0 Å². The number of hydrogen-bond acceptors (Lipinski definition) is 1. The highest BCUT2D eigenvalue weighted by Crippen LogP contribution is 2.26. The zero-order chi connectivity index (χ0) is 13.1. The molecule has 0 amide bonds. The van der Waals surface area contributed by atoms with Crippen LogP contribution in [0, 0.1) is 13.8 Å². The molecule has 0 aromatic heterocycles. The van der Waals surface area contributed by atoms with E-state index in [2.05, 4.69) is 77.6 Å². The molecule has 0 spiro atoms. The molecule has 1 unspecified atom stereocenters. The van der Waals surface area contributed by atoms with Gasteiger partial charge in [0.1, 0.15) is 0 Å². The van der Waals surface area contributed by atoms with Gasteiger partial charge in [-0.05, 0) is 49.7 Å². The van der Waals surface area contributed by atoms with Gasteiger partial charge in [-0.2, -0.15) is 0 Å². The fourth-order valence-corrected chi connectivity index (χ4v) is 2.57. The van der Waals surface area contributed by atoms with Crippen LogP contribution in [0.1, 0.15) is 28.3 Å². The second-order valence-corrected chi connectivity index (χ2v) is 5.55. The number of rotatable bonds is 3. The van der Waals surface area contributed by atoms with Crippen molar-refractivity contribution in [1.82, 2.24) is 5.32 Å². The molecule has 0 saturated carbocycles. The predicted octanol–water partition coefficient (Wildman–Crippen LogP) is 4.37. The fourth-order valence-electron chi connectivity index (χ4n) is 2.31. The van der Waals surface area contributed by atoms with E-state index in [1.807, 2.05) is 7.05 Å². The Labute approximate surface area is 117 Å². The summed E-state index contributed by atoms with van der Waals surface area (Å²) in [7, 11) is 2.01. The zero-order valence-electron chi connectivity index (χ0n) is 11.0. The molecule has 0 saturated heterocycles. The second-order valence-electron chi connectivity index (χ2n) is 4.63. The summed E-state index contributed by atoms with van der Waals surface area (Å²) in [6.07, 6.45) is 0. The maximum atomic E-state index is 3.48. The van der Waals surface area contributed by atoms with Gasteiger partial charge in [-0.15, -0.1) is 0 Å². The zero-order valence-corrected chi connectivity index (χ0v) is 12.6. The van der Waals surface area contributed by atoms with E-state index in [1.54, 1.807) is 0 Å². The molecule has 2 aromatic carbocycles. The van der Waals surface area contributed by atoms with Crippen LogP contribution in [-0.2, 0) is 0 Å². The van der Waals surface area contributed by atoms with Gasteiger partial charge in [0.15, 0.2) is 0 Å². The molecule has 0 radical (unpaired) electrons. The van der Waals surface area contributed by atoms with Crippen LogP contribution < -0.4 is 5.32 Å². The summed E-state index contributed by atoms with van der Waals surface area (Å²) < 4.78 is 1.11. The third kappa shape index (κ3) is 2.82. The third-order valence-corrected chi connectivity index (χ3v) is 3.76. The molecule has 2 heteroatoms. The Balaban J connectivity index is 2.41. The predicted molar refractivity (Wildman–Crippen MR) is 81.0 cm³/mol. The first-order chi connectivity index (χ1) is 8.61. The molecule has 0 aliphatic heterocycles. The number of hydrogen-bond donors (Lipinski definition) is 1. The highest BCUT2D eigenvalue weighted by molar-refractivity contribution is 9.10. The van der Waals surface area contributed by atoms with Gasteiger partial charge < -0.3 is 5.32 Å². The molecule has 1 atom stereocenters. The lowest BCUT2D eigenvalue weighted by molar-refractivity contribution is 0.687. The topological polar surface area (TPSA) is 12.0 Å². The van der Waals surface area contributed by atoms with Crippen molar-refractivity contribution < 1.29 is 0 Å². The minimum absolute atomic E-state index is 0.249. The molecule has 0 aliphatic carbocycles. The maximum absolute atomic E-state index is 3.48. The van der Waals surface area contributed by atoms with Crippen molar-refractivity contribution in [3.8, 4) is 0 Å². The van der Waals surface area contributed by atoms with E-state index in [0.717, 1.165) is 4.47 Å². The molecule has 0 heterocycles. The molecule has 0 bridgehead atoms. The van der Waals surface area contributed by atoms with E-state index in [9.17, 15) is 0 Å². The first kappa shape index (κ1) is 13.3. The van der Waals surface area contributed by atoms with Crippen molar-refractivity contribution >= 4 is 15.9 Å². The van der Waals surface area contributed by atoms with Crippen molar-refractivity contribution in [1.29, 1.82) is 0 Å². The first-order valence-electron chi connectivity index (χ1n) is 6.11. The van der Waals surface area contributed by atoms with Crippen LogP contribution >= 0.6 is 15.9 Å². The van der Waals surface area contributed by atoms with Crippen LogP contribution in [0.25, 0.3) is 0 Å². The summed E-state index contributed by atoms with van der Waals surface area (Å²) in [5.74, 6) is 0. The van der Waals surface area contributed by atoms with E-state index >= 15 is 0 Å². The molecule has 2 rings (SSSR count). The summed E-state index contributed by atoms with van der Waals surface area (Å²) in [4.78, 5) is 0. The highest BCUT2D eigenvalue weighted by atomic mass is 79.9. The fraction of sp³-hybridized carbons (Fsp3) is 0.250. The van der Waals surface area contributed by atoms with E-state index in [0.29, 0.717) is 0 Å². The highest BCUT2D eigenvalue weighted by Gasteiger charge is 2.13.